The van der Waals surface area contributed by atoms with Gasteiger partial charge in [0.1, 0.15) is 18.6 Å². The number of aliphatic imine (C=N–C) groups is 1. The summed E-state index contributed by atoms with van der Waals surface area (Å²) in [7, 11) is 0. The third kappa shape index (κ3) is 4.57. The van der Waals surface area contributed by atoms with E-state index in [0.29, 0.717) is 5.56 Å². The molecule has 2 N–H and O–H groups in total. The van der Waals surface area contributed by atoms with Gasteiger partial charge in [0.15, 0.2) is 0 Å². The number of hydrogen-bond acceptors (Lipinski definition) is 6. The van der Waals surface area contributed by atoms with Gasteiger partial charge in [-0.2, -0.15) is 13.6 Å². The Morgan fingerprint density at radius 1 is 0.939 bits per heavy atom. The van der Waals surface area contributed by atoms with Crippen LogP contribution in [-0.4, -0.2) is 35.0 Å². The zero-order chi connectivity index (χ0) is 24.3. The number of nitrogens with zero attached hydrogens (tertiary/aromatic N) is 2. The van der Waals surface area contributed by atoms with Crippen LogP contribution in [0.3, 0.4) is 0 Å². The van der Waals surface area contributed by atoms with Gasteiger partial charge in [0, 0.05) is 6.08 Å². The largest absolute Gasteiger partial charge is 0.530 e. The Hall–Kier alpha value is -4.13. The zero-order valence-electron chi connectivity index (χ0n) is 16.4. The SMILES string of the molecule is NC1=NC(=O)[N+](CC(=O)Oc2c(F)c(F)c(F)c(F)c2F)(C(=O)OCc2ccccc2)C=C1. The maximum atomic E-state index is 13.8. The van der Waals surface area contributed by atoms with Gasteiger partial charge in [0.25, 0.3) is 0 Å². The summed E-state index contributed by atoms with van der Waals surface area (Å²) >= 11 is 0. The van der Waals surface area contributed by atoms with Crippen molar-refractivity contribution in [3.05, 3.63) is 77.3 Å². The lowest BCUT2D eigenvalue weighted by Gasteiger charge is -2.26. The molecule has 1 aliphatic rings. The highest BCUT2D eigenvalue weighted by Crippen LogP contribution is 2.30. The van der Waals surface area contributed by atoms with Gasteiger partial charge in [-0.1, -0.05) is 30.3 Å². The first-order chi connectivity index (χ1) is 15.6. The molecule has 33 heavy (non-hydrogen) atoms. The van der Waals surface area contributed by atoms with Crippen LogP contribution in [0.1, 0.15) is 5.56 Å². The second-order valence-corrected chi connectivity index (χ2v) is 6.58. The van der Waals surface area contributed by atoms with E-state index < -0.39 is 64.0 Å². The summed E-state index contributed by atoms with van der Waals surface area (Å²) in [5, 5.41) is 0. The Balaban J connectivity index is 1.87. The smallest absolute Gasteiger partial charge is 0.416 e. The number of carbonyl (C=O) groups is 3. The molecular weight excluding hydrogens is 457 g/mol. The number of carbonyl (C=O) groups excluding carboxylic acids is 3. The van der Waals surface area contributed by atoms with Crippen molar-refractivity contribution in [2.24, 2.45) is 10.7 Å². The molecule has 0 saturated carbocycles. The van der Waals surface area contributed by atoms with E-state index in [1.165, 1.54) is 0 Å². The Morgan fingerprint density at radius 3 is 2.09 bits per heavy atom. The maximum Gasteiger partial charge on any atom is 0.530 e. The minimum atomic E-state index is -2.46. The second kappa shape index (κ2) is 9.16. The molecule has 0 saturated heterocycles. The van der Waals surface area contributed by atoms with Gasteiger partial charge in [-0.15, -0.1) is 9.48 Å². The van der Waals surface area contributed by atoms with E-state index in [0.717, 1.165) is 12.3 Å². The van der Waals surface area contributed by atoms with Gasteiger partial charge in [-0.3, -0.25) is 0 Å². The van der Waals surface area contributed by atoms with Crippen LogP contribution in [0.25, 0.3) is 0 Å². The van der Waals surface area contributed by atoms with Gasteiger partial charge in [0.2, 0.25) is 41.4 Å². The van der Waals surface area contributed by atoms with E-state index in [4.69, 9.17) is 10.5 Å². The standard InChI is InChI=1S/C20H12F5N3O5/c21-13-14(22)16(24)18(17(25)15(13)23)33-12(29)8-28(7-6-11(26)27-19(28)30)20(31)32-9-10-4-2-1-3-5-10/h1-7H,8-9H2,(H-,26,27,30)/p+1. The monoisotopic (exact) mass is 470 g/mol. The Morgan fingerprint density at radius 2 is 1.52 bits per heavy atom. The fourth-order valence-corrected chi connectivity index (χ4v) is 2.69. The molecule has 0 fully saturated rings. The number of urea groups is 1. The van der Waals surface area contributed by atoms with Crippen molar-refractivity contribution in [3.63, 3.8) is 0 Å². The molecule has 13 heteroatoms. The van der Waals surface area contributed by atoms with Crippen molar-refractivity contribution >= 4 is 23.9 Å². The Kier molecular flexibility index (Phi) is 6.53. The van der Waals surface area contributed by atoms with Gasteiger partial charge in [-0.25, -0.2) is 22.8 Å². The van der Waals surface area contributed by atoms with Gasteiger partial charge >= 0.3 is 18.1 Å². The van der Waals surface area contributed by atoms with Crippen molar-refractivity contribution < 1.29 is 50.3 Å². The van der Waals surface area contributed by atoms with Gasteiger partial charge in [0.05, 0.1) is 0 Å². The molecule has 3 rings (SSSR count). The number of amidine groups is 1. The highest BCUT2D eigenvalue weighted by atomic mass is 19.2. The van der Waals surface area contributed by atoms with Crippen LogP contribution in [0.15, 0.2) is 47.6 Å². The lowest BCUT2D eigenvalue weighted by atomic mass is 10.2. The normalized spacial score (nSPS) is 17.5. The van der Waals surface area contributed by atoms with E-state index >= 15 is 0 Å². The van der Waals surface area contributed by atoms with Crippen molar-refractivity contribution in [1.29, 1.82) is 0 Å². The van der Waals surface area contributed by atoms with E-state index in [1.807, 2.05) is 0 Å². The summed E-state index contributed by atoms with van der Waals surface area (Å²) < 4.78 is 75.2. The number of hydrogen-bond donors (Lipinski definition) is 1. The van der Waals surface area contributed by atoms with Crippen LogP contribution in [0.2, 0.25) is 0 Å². The number of esters is 1. The minimum Gasteiger partial charge on any atom is -0.416 e. The number of nitrogens with two attached hydrogens (primary N) is 1. The van der Waals surface area contributed by atoms with Gasteiger partial charge < -0.3 is 15.2 Å². The molecule has 1 atom stereocenters. The summed E-state index contributed by atoms with van der Waals surface area (Å²) in [6.07, 6.45) is 0.458. The number of benzene rings is 2. The fourth-order valence-electron chi connectivity index (χ4n) is 2.69. The summed E-state index contributed by atoms with van der Waals surface area (Å²) in [4.78, 5) is 40.9. The topological polar surface area (TPSA) is 108 Å². The van der Waals surface area contributed by atoms with Crippen LogP contribution >= 0.6 is 0 Å². The predicted octanol–water partition coefficient (Wildman–Crippen LogP) is 3.45. The highest BCUT2D eigenvalue weighted by molar-refractivity contribution is 6.02. The molecule has 1 heterocycles. The number of quaternary nitrogens is 1. The Bertz CT molecular complexity index is 1170. The summed E-state index contributed by atoms with van der Waals surface area (Å²) in [6, 6.07) is 6.86. The number of amides is 3. The van der Waals surface area contributed by atoms with E-state index in [2.05, 4.69) is 9.73 Å². The molecule has 2 aromatic carbocycles. The van der Waals surface area contributed by atoms with Crippen LogP contribution in [0.4, 0.5) is 31.5 Å². The average Bonchev–Trinajstić information content (AvgIpc) is 2.80. The first-order valence-electron chi connectivity index (χ1n) is 8.96. The predicted molar refractivity (Wildman–Crippen MR) is 99.8 cm³/mol. The van der Waals surface area contributed by atoms with Gasteiger partial charge in [-0.05, 0) is 5.56 Å². The molecule has 0 aliphatic carbocycles. The summed E-state index contributed by atoms with van der Waals surface area (Å²) in [5.41, 5.74) is 5.92. The van der Waals surface area contributed by atoms with Crippen LogP contribution in [-0.2, 0) is 16.1 Å². The van der Waals surface area contributed by atoms with Crippen molar-refractivity contribution in [2.75, 3.05) is 6.54 Å². The first-order valence-corrected chi connectivity index (χ1v) is 8.96. The van der Waals surface area contributed by atoms with Crippen LogP contribution in [0, 0.1) is 29.1 Å². The molecular formula is C20H13F5N3O5+. The van der Waals surface area contributed by atoms with E-state index in [1.54, 1.807) is 30.3 Å². The number of imide groups is 1. The van der Waals surface area contributed by atoms with E-state index in [9.17, 15) is 36.3 Å². The van der Waals surface area contributed by atoms with Crippen molar-refractivity contribution in [1.82, 2.24) is 0 Å². The molecule has 172 valence electrons. The first kappa shape index (κ1) is 23.5. The van der Waals surface area contributed by atoms with Crippen molar-refractivity contribution in [2.45, 2.75) is 6.61 Å². The third-order valence-corrected chi connectivity index (χ3v) is 4.36. The highest BCUT2D eigenvalue weighted by Gasteiger charge is 2.50. The van der Waals surface area contributed by atoms with Crippen LogP contribution < -0.4 is 10.5 Å². The molecule has 0 radical (unpaired) electrons. The molecule has 0 bridgehead atoms. The molecule has 1 unspecified atom stereocenters. The molecule has 0 aromatic heterocycles. The molecule has 3 amide bonds. The summed E-state index contributed by atoms with van der Waals surface area (Å²) in [6.45, 7) is -1.62. The van der Waals surface area contributed by atoms with Crippen molar-refractivity contribution in [3.8, 4) is 5.75 Å². The molecule has 1 aliphatic heterocycles. The fraction of sp³-hybridized carbons (Fsp3) is 0.100. The number of ether oxygens (including phenoxy) is 2. The zero-order valence-corrected chi connectivity index (χ0v) is 16.4. The maximum absolute atomic E-state index is 13.8. The lowest BCUT2D eigenvalue weighted by Crippen LogP contribution is -2.56. The lowest BCUT2D eigenvalue weighted by molar-refractivity contribution is -0.713. The molecule has 2 aromatic rings. The summed E-state index contributed by atoms with van der Waals surface area (Å²) in [5.74, 6) is -15.9. The molecule has 0 spiro atoms. The molecule has 8 nitrogen and oxygen atoms in total. The third-order valence-electron chi connectivity index (χ3n) is 4.36. The average molecular weight is 470 g/mol. The second-order valence-electron chi connectivity index (χ2n) is 6.58. The number of rotatable bonds is 5. The minimum absolute atomic E-state index is 0.322. The van der Waals surface area contributed by atoms with E-state index in [-0.39, 0.29) is 12.4 Å². The number of halogens is 5. The quantitative estimate of drug-likeness (QED) is 0.179. The Labute approximate surface area is 181 Å². The van der Waals surface area contributed by atoms with Crippen LogP contribution in [0.5, 0.6) is 5.75 Å².